The number of aliphatic hydroxyl groups excluding tert-OH is 1. The van der Waals surface area contributed by atoms with Crippen molar-refractivity contribution in [1.82, 2.24) is 5.32 Å². The number of fused-ring (bicyclic) bond motifs is 3. The van der Waals surface area contributed by atoms with Crippen LogP contribution in [0.4, 0.5) is 0 Å². The molecule has 1 aromatic carbocycles. The maximum absolute atomic E-state index is 13.0. The molecular weight excluding hydrogens is 378 g/mol. The molecule has 1 unspecified atom stereocenters. The lowest BCUT2D eigenvalue weighted by atomic mass is 9.77. The molecule has 1 atom stereocenters. The van der Waals surface area contributed by atoms with Crippen molar-refractivity contribution in [2.24, 2.45) is 0 Å². The van der Waals surface area contributed by atoms with Gasteiger partial charge in [0.05, 0.1) is 6.10 Å². The van der Waals surface area contributed by atoms with Gasteiger partial charge >= 0.3 is 0 Å². The zero-order valence-electron chi connectivity index (χ0n) is 18.0. The van der Waals surface area contributed by atoms with Crippen LogP contribution in [0.5, 0.6) is 5.75 Å². The minimum atomic E-state index is -0.593. The number of nitrogens with one attached hydrogen (secondary N) is 1. The molecule has 2 aliphatic carbocycles. The fourth-order valence-electron chi connectivity index (χ4n) is 5.90. The van der Waals surface area contributed by atoms with Crippen LogP contribution in [0.25, 0.3) is 11.0 Å². The number of amides is 1. The summed E-state index contributed by atoms with van der Waals surface area (Å²) in [5.74, 6) is 0.981. The Kier molecular flexibility index (Phi) is 5.26. The van der Waals surface area contributed by atoms with E-state index >= 15 is 0 Å². The van der Waals surface area contributed by atoms with Crippen molar-refractivity contribution in [1.29, 1.82) is 0 Å². The standard InChI is InChI=1S/C25H33NO4/c1-16-21-19(29-23(16)24(28)26-17-9-5-2-3-6-10-17)11-12-20-22(21)18(27)15-25(30-20)13-7-4-8-14-25/h11-12,17-18,27H,2-10,13-15H2,1H3,(H,26,28). The van der Waals surface area contributed by atoms with Crippen LogP contribution in [0.3, 0.4) is 0 Å². The Labute approximate surface area is 178 Å². The Hall–Kier alpha value is -2.01. The molecule has 30 heavy (non-hydrogen) atoms. The van der Waals surface area contributed by atoms with Gasteiger partial charge in [-0.25, -0.2) is 0 Å². The molecule has 5 heteroatoms. The van der Waals surface area contributed by atoms with Crippen LogP contribution in [-0.4, -0.2) is 22.7 Å². The van der Waals surface area contributed by atoms with Crippen LogP contribution < -0.4 is 10.1 Å². The van der Waals surface area contributed by atoms with Crippen LogP contribution in [0.15, 0.2) is 16.5 Å². The highest BCUT2D eigenvalue weighted by Gasteiger charge is 2.42. The van der Waals surface area contributed by atoms with Crippen LogP contribution in [0, 0.1) is 6.92 Å². The molecule has 1 aromatic heterocycles. The summed E-state index contributed by atoms with van der Waals surface area (Å²) in [7, 11) is 0. The fraction of sp³-hybridized carbons (Fsp3) is 0.640. The quantitative estimate of drug-likeness (QED) is 0.621. The number of carbonyl (C=O) groups is 1. The number of hydrogen-bond acceptors (Lipinski definition) is 4. The lowest BCUT2D eigenvalue weighted by Crippen LogP contribution is -2.42. The maximum atomic E-state index is 13.0. The average Bonchev–Trinajstić information content (AvgIpc) is 2.89. The highest BCUT2D eigenvalue weighted by molar-refractivity contribution is 6.00. The molecule has 2 saturated carbocycles. The number of carbonyl (C=O) groups excluding carboxylic acids is 1. The topological polar surface area (TPSA) is 71.7 Å². The molecule has 3 aliphatic rings. The fourth-order valence-corrected chi connectivity index (χ4v) is 5.90. The second-order valence-corrected chi connectivity index (χ2v) is 9.63. The minimum absolute atomic E-state index is 0.140. The summed E-state index contributed by atoms with van der Waals surface area (Å²) in [4.78, 5) is 13.0. The first kappa shape index (κ1) is 19.9. The third-order valence-electron chi connectivity index (χ3n) is 7.48. The lowest BCUT2D eigenvalue weighted by molar-refractivity contribution is -0.0373. The smallest absolute Gasteiger partial charge is 0.287 e. The molecule has 1 aliphatic heterocycles. The SMILES string of the molecule is Cc1c(C(=O)NC2CCCCCC2)oc2ccc3c(c12)C(O)CC1(CCCCC1)O3. The van der Waals surface area contributed by atoms with Crippen molar-refractivity contribution in [2.75, 3.05) is 0 Å². The van der Waals surface area contributed by atoms with E-state index in [0.29, 0.717) is 17.8 Å². The normalized spacial score (nSPS) is 24.3. The summed E-state index contributed by atoms with van der Waals surface area (Å²) in [5, 5.41) is 15.2. The van der Waals surface area contributed by atoms with Crippen molar-refractivity contribution < 1.29 is 19.1 Å². The lowest BCUT2D eigenvalue weighted by Gasteiger charge is -2.43. The number of rotatable bonds is 2. The van der Waals surface area contributed by atoms with E-state index in [1.54, 1.807) is 0 Å². The Bertz CT molecular complexity index is 932. The van der Waals surface area contributed by atoms with E-state index in [-0.39, 0.29) is 17.6 Å². The van der Waals surface area contributed by atoms with Crippen LogP contribution in [0.1, 0.15) is 105 Å². The number of aliphatic hydroxyl groups is 1. The largest absolute Gasteiger partial charge is 0.487 e. The van der Waals surface area contributed by atoms with Gasteiger partial charge in [0.25, 0.3) is 5.91 Å². The van der Waals surface area contributed by atoms with Gasteiger partial charge in [-0.15, -0.1) is 0 Å². The van der Waals surface area contributed by atoms with E-state index in [2.05, 4.69) is 5.32 Å². The third kappa shape index (κ3) is 3.51. The van der Waals surface area contributed by atoms with Crippen LogP contribution >= 0.6 is 0 Å². The van der Waals surface area contributed by atoms with E-state index in [1.807, 2.05) is 19.1 Å². The molecule has 2 aromatic rings. The molecule has 2 heterocycles. The number of furan rings is 1. The second kappa shape index (κ2) is 7.92. The summed E-state index contributed by atoms with van der Waals surface area (Å²) in [6.07, 6.45) is 12.5. The highest BCUT2D eigenvalue weighted by Crippen LogP contribution is 2.49. The summed E-state index contributed by atoms with van der Waals surface area (Å²) in [5.41, 5.74) is 2.00. The first-order valence-corrected chi connectivity index (χ1v) is 11.8. The van der Waals surface area contributed by atoms with Gasteiger partial charge in [0.15, 0.2) is 5.76 Å². The summed E-state index contributed by atoms with van der Waals surface area (Å²) in [6, 6.07) is 4.02. The van der Waals surface area contributed by atoms with E-state index in [0.717, 1.165) is 60.8 Å². The Morgan fingerprint density at radius 2 is 1.77 bits per heavy atom. The molecule has 162 valence electrons. The van der Waals surface area contributed by atoms with Gasteiger partial charge < -0.3 is 19.6 Å². The molecule has 1 spiro atoms. The first-order chi connectivity index (χ1) is 14.6. The highest BCUT2D eigenvalue weighted by atomic mass is 16.5. The molecule has 2 N–H and O–H groups in total. The van der Waals surface area contributed by atoms with Crippen molar-refractivity contribution in [3.05, 3.63) is 29.0 Å². The van der Waals surface area contributed by atoms with Gasteiger partial charge in [0.2, 0.25) is 0 Å². The molecule has 0 bridgehead atoms. The zero-order valence-corrected chi connectivity index (χ0v) is 18.0. The number of aryl methyl sites for hydroxylation is 1. The van der Waals surface area contributed by atoms with Crippen molar-refractivity contribution >= 4 is 16.9 Å². The number of ether oxygens (including phenoxy) is 1. The zero-order chi connectivity index (χ0) is 20.7. The molecular formula is C25H33NO4. The van der Waals surface area contributed by atoms with Gasteiger partial charge in [-0.3, -0.25) is 4.79 Å². The molecule has 5 rings (SSSR count). The Morgan fingerprint density at radius 1 is 1.07 bits per heavy atom. The minimum Gasteiger partial charge on any atom is -0.487 e. The summed E-state index contributed by atoms with van der Waals surface area (Å²) < 4.78 is 12.5. The van der Waals surface area contributed by atoms with E-state index < -0.39 is 6.10 Å². The van der Waals surface area contributed by atoms with Crippen molar-refractivity contribution in [3.8, 4) is 5.75 Å². The van der Waals surface area contributed by atoms with E-state index in [9.17, 15) is 9.90 Å². The molecule has 1 amide bonds. The number of hydrogen-bond donors (Lipinski definition) is 2. The second-order valence-electron chi connectivity index (χ2n) is 9.63. The van der Waals surface area contributed by atoms with Crippen molar-refractivity contribution in [2.45, 2.75) is 102 Å². The predicted octanol–water partition coefficient (Wildman–Crippen LogP) is 5.71. The van der Waals surface area contributed by atoms with Gasteiger partial charge in [-0.1, -0.05) is 32.1 Å². The molecule has 2 fully saturated rings. The van der Waals surface area contributed by atoms with Gasteiger partial charge in [-0.2, -0.15) is 0 Å². The predicted molar refractivity (Wildman–Crippen MR) is 116 cm³/mol. The number of benzene rings is 1. The van der Waals surface area contributed by atoms with Crippen LogP contribution in [-0.2, 0) is 0 Å². The van der Waals surface area contributed by atoms with Gasteiger partial charge in [0, 0.05) is 29.0 Å². The summed E-state index contributed by atoms with van der Waals surface area (Å²) >= 11 is 0. The first-order valence-electron chi connectivity index (χ1n) is 11.8. The Balaban J connectivity index is 1.46. The maximum Gasteiger partial charge on any atom is 0.287 e. The van der Waals surface area contributed by atoms with Gasteiger partial charge in [-0.05, 0) is 57.6 Å². The third-order valence-corrected chi connectivity index (χ3v) is 7.48. The van der Waals surface area contributed by atoms with Gasteiger partial charge in [0.1, 0.15) is 16.9 Å². The van der Waals surface area contributed by atoms with E-state index in [4.69, 9.17) is 9.15 Å². The molecule has 0 saturated heterocycles. The van der Waals surface area contributed by atoms with E-state index in [1.165, 1.54) is 32.1 Å². The summed E-state index contributed by atoms with van der Waals surface area (Å²) in [6.45, 7) is 1.92. The monoisotopic (exact) mass is 411 g/mol. The average molecular weight is 412 g/mol. The molecule has 0 radical (unpaired) electrons. The Morgan fingerprint density at radius 3 is 2.50 bits per heavy atom. The van der Waals surface area contributed by atoms with Crippen LogP contribution in [0.2, 0.25) is 0 Å². The van der Waals surface area contributed by atoms with Crippen molar-refractivity contribution in [3.63, 3.8) is 0 Å². The molecule has 5 nitrogen and oxygen atoms in total.